The molecule has 188 valence electrons. The predicted octanol–water partition coefficient (Wildman–Crippen LogP) is 2.53. The topological polar surface area (TPSA) is 86.8 Å². The van der Waals surface area contributed by atoms with E-state index in [4.69, 9.17) is 4.74 Å². The van der Waals surface area contributed by atoms with Crippen LogP contribution in [-0.4, -0.2) is 61.5 Å². The van der Waals surface area contributed by atoms with Crippen LogP contribution in [0.4, 0.5) is 10.1 Å². The van der Waals surface area contributed by atoms with Crippen molar-refractivity contribution in [2.75, 3.05) is 44.7 Å². The monoisotopic (exact) mass is 491 g/mol. The SMILES string of the molecule is COc1ccccc1CNC(=O)C(=O)NCC(c1cccnc1)N1CCN(c2ccccc2F)CC1. The lowest BCUT2D eigenvalue weighted by molar-refractivity contribution is -0.139. The highest BCUT2D eigenvalue weighted by Crippen LogP contribution is 2.25. The highest BCUT2D eigenvalue weighted by atomic mass is 19.1. The van der Waals surface area contributed by atoms with Gasteiger partial charge in [0.15, 0.2) is 0 Å². The number of anilines is 1. The molecule has 1 unspecified atom stereocenters. The zero-order valence-corrected chi connectivity index (χ0v) is 20.2. The quantitative estimate of drug-likeness (QED) is 0.471. The van der Waals surface area contributed by atoms with Gasteiger partial charge in [-0.2, -0.15) is 0 Å². The summed E-state index contributed by atoms with van der Waals surface area (Å²) >= 11 is 0. The Bertz CT molecular complexity index is 1170. The van der Waals surface area contributed by atoms with Gasteiger partial charge < -0.3 is 20.3 Å². The zero-order chi connectivity index (χ0) is 25.3. The molecule has 1 aliphatic rings. The van der Waals surface area contributed by atoms with Crippen molar-refractivity contribution in [3.05, 3.63) is 90.0 Å². The second kappa shape index (κ2) is 12.1. The number of carbonyl (C=O) groups is 2. The number of nitrogens with zero attached hydrogens (tertiary/aromatic N) is 3. The average molecular weight is 492 g/mol. The maximum Gasteiger partial charge on any atom is 0.309 e. The second-order valence-electron chi connectivity index (χ2n) is 8.48. The predicted molar refractivity (Wildman–Crippen MR) is 135 cm³/mol. The van der Waals surface area contributed by atoms with Crippen LogP contribution in [0.5, 0.6) is 5.75 Å². The van der Waals surface area contributed by atoms with Crippen LogP contribution in [0, 0.1) is 5.82 Å². The maximum absolute atomic E-state index is 14.2. The molecule has 36 heavy (non-hydrogen) atoms. The molecule has 0 spiro atoms. The number of nitrogens with one attached hydrogen (secondary N) is 2. The van der Waals surface area contributed by atoms with E-state index in [1.54, 1.807) is 37.7 Å². The van der Waals surface area contributed by atoms with E-state index < -0.39 is 11.8 Å². The summed E-state index contributed by atoms with van der Waals surface area (Å²) in [5.74, 6) is -1.01. The van der Waals surface area contributed by atoms with E-state index in [0.717, 1.165) is 11.1 Å². The molecule has 1 aromatic heterocycles. The molecule has 0 aliphatic carbocycles. The van der Waals surface area contributed by atoms with E-state index >= 15 is 0 Å². The fourth-order valence-corrected chi connectivity index (χ4v) is 4.39. The van der Waals surface area contributed by atoms with Gasteiger partial charge >= 0.3 is 11.8 Å². The Kier molecular flexibility index (Phi) is 8.46. The Labute approximate surface area is 210 Å². The molecule has 1 saturated heterocycles. The van der Waals surface area contributed by atoms with Crippen LogP contribution >= 0.6 is 0 Å². The van der Waals surface area contributed by atoms with Crippen LogP contribution in [-0.2, 0) is 16.1 Å². The summed E-state index contributed by atoms with van der Waals surface area (Å²) in [5, 5.41) is 5.42. The third-order valence-corrected chi connectivity index (χ3v) is 6.31. The van der Waals surface area contributed by atoms with Gasteiger partial charge in [-0.25, -0.2) is 4.39 Å². The van der Waals surface area contributed by atoms with Gasteiger partial charge in [0.25, 0.3) is 0 Å². The number of ether oxygens (including phenoxy) is 1. The van der Waals surface area contributed by atoms with Crippen molar-refractivity contribution in [3.8, 4) is 5.75 Å². The number of aromatic nitrogens is 1. The first-order valence-electron chi connectivity index (χ1n) is 11.9. The van der Waals surface area contributed by atoms with Gasteiger partial charge in [-0.15, -0.1) is 0 Å². The van der Waals surface area contributed by atoms with E-state index in [1.807, 2.05) is 41.3 Å². The van der Waals surface area contributed by atoms with E-state index in [-0.39, 0.29) is 24.9 Å². The Morgan fingerprint density at radius 2 is 1.69 bits per heavy atom. The standard InChI is InChI=1S/C27H30FN5O3/c1-36-25-11-5-2-7-21(25)18-30-26(34)27(35)31-19-24(20-8-6-12-29-17-20)33-15-13-32(14-16-33)23-10-4-3-9-22(23)28/h2-12,17,24H,13-16,18-19H2,1H3,(H,30,34)(H,31,35). The van der Waals surface area contributed by atoms with E-state index in [1.165, 1.54) is 6.07 Å². The maximum atomic E-state index is 14.2. The zero-order valence-electron chi connectivity index (χ0n) is 20.2. The molecule has 1 aliphatic heterocycles. The van der Waals surface area contributed by atoms with Crippen molar-refractivity contribution in [1.29, 1.82) is 0 Å². The lowest BCUT2D eigenvalue weighted by atomic mass is 10.1. The molecule has 2 amide bonds. The number of rotatable bonds is 8. The van der Waals surface area contributed by atoms with Gasteiger partial charge in [0, 0.05) is 57.2 Å². The molecule has 0 bridgehead atoms. The van der Waals surface area contributed by atoms with Crippen LogP contribution in [0.3, 0.4) is 0 Å². The Hall–Kier alpha value is -3.98. The summed E-state index contributed by atoms with van der Waals surface area (Å²) < 4.78 is 19.5. The third kappa shape index (κ3) is 6.17. The van der Waals surface area contributed by atoms with Crippen LogP contribution in [0.1, 0.15) is 17.2 Å². The second-order valence-corrected chi connectivity index (χ2v) is 8.48. The summed E-state index contributed by atoms with van der Waals surface area (Å²) in [7, 11) is 1.56. The number of halogens is 1. The molecule has 1 atom stereocenters. The molecular weight excluding hydrogens is 461 g/mol. The number of amides is 2. The molecular formula is C27H30FN5O3. The number of carbonyl (C=O) groups excluding carboxylic acids is 2. The minimum absolute atomic E-state index is 0.174. The van der Waals surface area contributed by atoms with Crippen molar-refractivity contribution in [3.63, 3.8) is 0 Å². The minimum atomic E-state index is -0.713. The van der Waals surface area contributed by atoms with Gasteiger partial charge in [-0.05, 0) is 29.8 Å². The number of benzene rings is 2. The van der Waals surface area contributed by atoms with Crippen molar-refractivity contribution in [2.24, 2.45) is 0 Å². The van der Waals surface area contributed by atoms with E-state index in [9.17, 15) is 14.0 Å². The Balaban J connectivity index is 1.36. The molecule has 3 aromatic rings. The number of hydrogen-bond acceptors (Lipinski definition) is 6. The van der Waals surface area contributed by atoms with Gasteiger partial charge in [-0.3, -0.25) is 19.5 Å². The van der Waals surface area contributed by atoms with Crippen molar-refractivity contribution < 1.29 is 18.7 Å². The molecule has 1 fully saturated rings. The number of piperazine rings is 1. The summed E-state index contributed by atoms with van der Waals surface area (Å²) in [6, 6.07) is 17.7. The minimum Gasteiger partial charge on any atom is -0.496 e. The fourth-order valence-electron chi connectivity index (χ4n) is 4.39. The first-order valence-corrected chi connectivity index (χ1v) is 11.9. The molecule has 4 rings (SSSR count). The van der Waals surface area contributed by atoms with Crippen molar-refractivity contribution in [1.82, 2.24) is 20.5 Å². The van der Waals surface area contributed by atoms with Gasteiger partial charge in [-0.1, -0.05) is 36.4 Å². The van der Waals surface area contributed by atoms with E-state index in [0.29, 0.717) is 37.6 Å². The highest BCUT2D eigenvalue weighted by molar-refractivity contribution is 6.35. The summed E-state index contributed by atoms with van der Waals surface area (Å²) in [5.41, 5.74) is 2.31. The normalized spacial score (nSPS) is 14.7. The number of pyridine rings is 1. The van der Waals surface area contributed by atoms with Crippen LogP contribution in [0.25, 0.3) is 0 Å². The first-order chi connectivity index (χ1) is 17.6. The Morgan fingerprint density at radius 1 is 0.972 bits per heavy atom. The largest absolute Gasteiger partial charge is 0.496 e. The first kappa shape index (κ1) is 25.1. The van der Waals surface area contributed by atoms with Gasteiger partial charge in [0.2, 0.25) is 0 Å². The van der Waals surface area contributed by atoms with Crippen molar-refractivity contribution >= 4 is 17.5 Å². The van der Waals surface area contributed by atoms with Crippen LogP contribution in [0.15, 0.2) is 73.1 Å². The lowest BCUT2D eigenvalue weighted by Gasteiger charge is -2.40. The van der Waals surface area contributed by atoms with Gasteiger partial charge in [0.05, 0.1) is 18.8 Å². The molecule has 0 radical (unpaired) electrons. The van der Waals surface area contributed by atoms with Gasteiger partial charge in [0.1, 0.15) is 11.6 Å². The molecule has 2 heterocycles. The molecule has 8 nitrogen and oxygen atoms in total. The number of para-hydroxylation sites is 2. The summed E-state index contributed by atoms with van der Waals surface area (Å²) in [6.45, 7) is 3.05. The summed E-state index contributed by atoms with van der Waals surface area (Å²) in [4.78, 5) is 33.5. The number of hydrogen-bond donors (Lipinski definition) is 2. The van der Waals surface area contributed by atoms with Crippen molar-refractivity contribution in [2.45, 2.75) is 12.6 Å². The summed E-state index contributed by atoms with van der Waals surface area (Å²) in [6.07, 6.45) is 3.46. The molecule has 2 N–H and O–H groups in total. The highest BCUT2D eigenvalue weighted by Gasteiger charge is 2.27. The van der Waals surface area contributed by atoms with Crippen LogP contribution in [0.2, 0.25) is 0 Å². The average Bonchev–Trinajstić information content (AvgIpc) is 2.93. The Morgan fingerprint density at radius 3 is 2.42 bits per heavy atom. The van der Waals surface area contributed by atoms with E-state index in [2.05, 4.69) is 20.5 Å². The molecule has 0 saturated carbocycles. The van der Waals surface area contributed by atoms with Crippen LogP contribution < -0.4 is 20.3 Å². The smallest absolute Gasteiger partial charge is 0.309 e. The molecule has 9 heteroatoms. The molecule has 2 aromatic carbocycles. The number of methoxy groups -OCH3 is 1. The fraction of sp³-hybridized carbons (Fsp3) is 0.296. The lowest BCUT2D eigenvalue weighted by Crippen LogP contribution is -2.51. The third-order valence-electron chi connectivity index (χ3n) is 6.31.